The molecule has 0 aromatic heterocycles. The second-order valence-electron chi connectivity index (χ2n) is 3.47. The Bertz CT molecular complexity index is 184. The topological polar surface area (TPSA) is 46.3 Å². The van der Waals surface area contributed by atoms with Crippen LogP contribution >= 0.6 is 11.8 Å². The number of hydrogen-bond acceptors (Lipinski definition) is 3. The maximum absolute atomic E-state index is 11.6. The molecule has 0 aromatic rings. The summed E-state index contributed by atoms with van der Waals surface area (Å²) in [5, 5.41) is 0.608. The van der Waals surface area contributed by atoms with Crippen molar-refractivity contribution in [2.75, 3.05) is 18.8 Å². The maximum Gasteiger partial charge on any atom is 0.239 e. The van der Waals surface area contributed by atoms with Crippen molar-refractivity contribution in [2.45, 2.75) is 31.6 Å². The molecule has 3 nitrogen and oxygen atoms in total. The van der Waals surface area contributed by atoms with Crippen LogP contribution in [-0.4, -0.2) is 40.9 Å². The third-order valence-electron chi connectivity index (χ3n) is 2.30. The molecular weight excluding hydrogens is 184 g/mol. The van der Waals surface area contributed by atoms with Gasteiger partial charge in [0, 0.05) is 24.1 Å². The summed E-state index contributed by atoms with van der Waals surface area (Å²) in [6.45, 7) is 5.66. The second kappa shape index (κ2) is 4.86. The Labute approximate surface area is 84.0 Å². The monoisotopic (exact) mass is 202 g/mol. The van der Waals surface area contributed by atoms with Gasteiger partial charge >= 0.3 is 0 Å². The average molecular weight is 202 g/mol. The molecule has 1 fully saturated rings. The van der Waals surface area contributed by atoms with Crippen LogP contribution in [0.3, 0.4) is 0 Å². The average Bonchev–Trinajstić information content (AvgIpc) is 2.16. The summed E-state index contributed by atoms with van der Waals surface area (Å²) in [4.78, 5) is 13.4. The van der Waals surface area contributed by atoms with Crippen molar-refractivity contribution in [3.63, 3.8) is 0 Å². The van der Waals surface area contributed by atoms with Crippen LogP contribution in [0, 0.1) is 0 Å². The van der Waals surface area contributed by atoms with Gasteiger partial charge in [-0.1, -0.05) is 6.92 Å². The van der Waals surface area contributed by atoms with Gasteiger partial charge in [-0.2, -0.15) is 11.8 Å². The van der Waals surface area contributed by atoms with Gasteiger partial charge in [0.25, 0.3) is 0 Å². The van der Waals surface area contributed by atoms with Crippen molar-refractivity contribution >= 4 is 17.7 Å². The van der Waals surface area contributed by atoms with Crippen LogP contribution in [-0.2, 0) is 4.79 Å². The zero-order chi connectivity index (χ0) is 9.84. The molecule has 0 radical (unpaired) electrons. The van der Waals surface area contributed by atoms with Gasteiger partial charge in [0.2, 0.25) is 5.91 Å². The molecule has 2 N–H and O–H groups in total. The molecule has 1 rings (SSSR count). The SMILES string of the molecule is CCC1CN(C(=O)[C@H](C)N)CCS1. The molecule has 76 valence electrons. The molecule has 13 heavy (non-hydrogen) atoms. The van der Waals surface area contributed by atoms with E-state index in [0.29, 0.717) is 5.25 Å². The fourth-order valence-corrected chi connectivity index (χ4v) is 2.63. The molecule has 1 aliphatic rings. The van der Waals surface area contributed by atoms with Crippen molar-refractivity contribution < 1.29 is 4.79 Å². The first-order valence-corrected chi connectivity index (χ1v) is 5.86. The second-order valence-corrected chi connectivity index (χ2v) is 4.88. The Balaban J connectivity index is 2.46. The van der Waals surface area contributed by atoms with Gasteiger partial charge in [-0.15, -0.1) is 0 Å². The van der Waals surface area contributed by atoms with Gasteiger partial charge in [0.05, 0.1) is 6.04 Å². The zero-order valence-electron chi connectivity index (χ0n) is 8.32. The van der Waals surface area contributed by atoms with E-state index in [1.807, 2.05) is 16.7 Å². The standard InChI is InChI=1S/C9H18N2OS/c1-3-8-6-11(4-5-13-8)9(12)7(2)10/h7-8H,3-6,10H2,1-2H3/t7-,8?/m0/s1. The van der Waals surface area contributed by atoms with Gasteiger partial charge in [-0.3, -0.25) is 4.79 Å². The lowest BCUT2D eigenvalue weighted by atomic mass is 10.2. The fourth-order valence-electron chi connectivity index (χ4n) is 1.45. The molecule has 1 aliphatic heterocycles. The number of carbonyl (C=O) groups excluding carboxylic acids is 1. The number of carbonyl (C=O) groups is 1. The lowest BCUT2D eigenvalue weighted by Gasteiger charge is -2.32. The third-order valence-corrected chi connectivity index (χ3v) is 3.67. The summed E-state index contributed by atoms with van der Waals surface area (Å²) >= 11 is 1.96. The van der Waals surface area contributed by atoms with Gasteiger partial charge in [0.1, 0.15) is 0 Å². The van der Waals surface area contributed by atoms with E-state index < -0.39 is 0 Å². The lowest BCUT2D eigenvalue weighted by molar-refractivity contribution is -0.132. The van der Waals surface area contributed by atoms with Crippen LogP contribution < -0.4 is 5.73 Å². The summed E-state index contributed by atoms with van der Waals surface area (Å²) in [7, 11) is 0. The van der Waals surface area contributed by atoms with Gasteiger partial charge < -0.3 is 10.6 Å². The minimum absolute atomic E-state index is 0.0961. The lowest BCUT2D eigenvalue weighted by Crippen LogP contribution is -2.48. The first-order chi connectivity index (χ1) is 6.15. The van der Waals surface area contributed by atoms with Gasteiger partial charge in [0.15, 0.2) is 0 Å². The van der Waals surface area contributed by atoms with Crippen LogP contribution in [0.4, 0.5) is 0 Å². The molecule has 1 amide bonds. The van der Waals surface area contributed by atoms with Crippen LogP contribution in [0.1, 0.15) is 20.3 Å². The summed E-state index contributed by atoms with van der Waals surface area (Å²) < 4.78 is 0. The summed E-state index contributed by atoms with van der Waals surface area (Å²) in [5.41, 5.74) is 5.56. The van der Waals surface area contributed by atoms with Crippen molar-refractivity contribution in [3.05, 3.63) is 0 Å². The molecule has 0 aliphatic carbocycles. The zero-order valence-corrected chi connectivity index (χ0v) is 9.14. The van der Waals surface area contributed by atoms with E-state index in [9.17, 15) is 4.79 Å². The predicted molar refractivity (Wildman–Crippen MR) is 56.8 cm³/mol. The highest BCUT2D eigenvalue weighted by molar-refractivity contribution is 8.00. The third kappa shape index (κ3) is 2.88. The molecule has 0 saturated carbocycles. The number of nitrogens with zero attached hydrogens (tertiary/aromatic N) is 1. The Morgan fingerprint density at radius 2 is 2.46 bits per heavy atom. The summed E-state index contributed by atoms with van der Waals surface area (Å²) in [6.07, 6.45) is 1.13. The molecule has 4 heteroatoms. The molecule has 1 unspecified atom stereocenters. The van der Waals surface area contributed by atoms with Crippen molar-refractivity contribution in [3.8, 4) is 0 Å². The largest absolute Gasteiger partial charge is 0.339 e. The molecule has 0 spiro atoms. The minimum atomic E-state index is -0.347. The van der Waals surface area contributed by atoms with Crippen molar-refractivity contribution in [1.82, 2.24) is 4.90 Å². The fraction of sp³-hybridized carbons (Fsp3) is 0.889. The Morgan fingerprint density at radius 3 is 3.00 bits per heavy atom. The van der Waals surface area contributed by atoms with E-state index in [4.69, 9.17) is 5.73 Å². The van der Waals surface area contributed by atoms with Gasteiger partial charge in [-0.25, -0.2) is 0 Å². The first-order valence-electron chi connectivity index (χ1n) is 4.81. The normalized spacial score (nSPS) is 25.8. The van der Waals surface area contributed by atoms with E-state index in [2.05, 4.69) is 6.92 Å². The number of nitrogens with two attached hydrogens (primary N) is 1. The number of thioether (sulfide) groups is 1. The van der Waals surface area contributed by atoms with E-state index in [1.54, 1.807) is 6.92 Å². The highest BCUT2D eigenvalue weighted by Crippen LogP contribution is 2.21. The molecule has 0 bridgehead atoms. The minimum Gasteiger partial charge on any atom is -0.339 e. The highest BCUT2D eigenvalue weighted by Gasteiger charge is 2.24. The Morgan fingerprint density at radius 1 is 1.77 bits per heavy atom. The van der Waals surface area contributed by atoms with E-state index >= 15 is 0 Å². The smallest absolute Gasteiger partial charge is 0.239 e. The van der Waals surface area contributed by atoms with Crippen LogP contribution in [0.5, 0.6) is 0 Å². The predicted octanol–water partition coefficient (Wildman–Crippen LogP) is 0.688. The van der Waals surface area contributed by atoms with E-state index in [1.165, 1.54) is 0 Å². The molecule has 2 atom stereocenters. The quantitative estimate of drug-likeness (QED) is 0.716. The Kier molecular flexibility index (Phi) is 4.06. The first kappa shape index (κ1) is 10.9. The van der Waals surface area contributed by atoms with Crippen molar-refractivity contribution in [2.24, 2.45) is 5.73 Å². The van der Waals surface area contributed by atoms with Gasteiger partial charge in [-0.05, 0) is 13.3 Å². The van der Waals surface area contributed by atoms with Crippen LogP contribution in [0.15, 0.2) is 0 Å². The van der Waals surface area contributed by atoms with Crippen molar-refractivity contribution in [1.29, 1.82) is 0 Å². The van der Waals surface area contributed by atoms with E-state index in [-0.39, 0.29) is 11.9 Å². The summed E-state index contributed by atoms with van der Waals surface area (Å²) in [6, 6.07) is -0.347. The number of hydrogen-bond donors (Lipinski definition) is 1. The molecule has 0 aromatic carbocycles. The molecule has 1 saturated heterocycles. The highest BCUT2D eigenvalue weighted by atomic mass is 32.2. The van der Waals surface area contributed by atoms with Crippen LogP contribution in [0.25, 0.3) is 0 Å². The molecule has 1 heterocycles. The van der Waals surface area contributed by atoms with Crippen LogP contribution in [0.2, 0.25) is 0 Å². The number of amides is 1. The van der Waals surface area contributed by atoms with E-state index in [0.717, 1.165) is 25.3 Å². The molecular formula is C9H18N2OS. The Hall–Kier alpha value is -0.220. The summed E-state index contributed by atoms with van der Waals surface area (Å²) in [5.74, 6) is 1.15. The number of rotatable bonds is 2. The maximum atomic E-state index is 11.6.